The van der Waals surface area contributed by atoms with Crippen molar-refractivity contribution in [3.63, 3.8) is 0 Å². The number of amides is 1. The van der Waals surface area contributed by atoms with Crippen LogP contribution in [0.1, 0.15) is 37.5 Å². The number of fused-ring (bicyclic) bond motifs is 1. The number of para-hydroxylation sites is 1. The van der Waals surface area contributed by atoms with Gasteiger partial charge in [-0.25, -0.2) is 0 Å². The van der Waals surface area contributed by atoms with E-state index in [1.165, 1.54) is 11.3 Å². The summed E-state index contributed by atoms with van der Waals surface area (Å²) in [4.78, 5) is 19.2. The van der Waals surface area contributed by atoms with Crippen molar-refractivity contribution >= 4 is 17.3 Å². The first-order valence-electron chi connectivity index (χ1n) is 11.2. The Morgan fingerprint density at radius 1 is 1.00 bits per heavy atom. The van der Waals surface area contributed by atoms with Gasteiger partial charge < -0.3 is 14.9 Å². The van der Waals surface area contributed by atoms with Gasteiger partial charge in [-0.15, -0.1) is 0 Å². The average Bonchev–Trinajstić information content (AvgIpc) is 2.78. The lowest BCUT2D eigenvalue weighted by Crippen LogP contribution is -2.47. The second kappa shape index (κ2) is 9.19. The highest BCUT2D eigenvalue weighted by molar-refractivity contribution is 5.95. The minimum absolute atomic E-state index is 0.00392. The van der Waals surface area contributed by atoms with Gasteiger partial charge in [0.2, 0.25) is 5.91 Å². The Hall–Kier alpha value is -2.37. The number of anilines is 2. The second-order valence-corrected chi connectivity index (χ2v) is 8.78. The Kier molecular flexibility index (Phi) is 6.40. The zero-order chi connectivity index (χ0) is 21.1. The van der Waals surface area contributed by atoms with E-state index in [1.807, 2.05) is 36.9 Å². The lowest BCUT2D eigenvalue weighted by atomic mass is 9.96. The van der Waals surface area contributed by atoms with Crippen LogP contribution in [0.4, 0.5) is 11.4 Å². The molecular weight excluding hydrogens is 374 g/mol. The molecule has 160 valence electrons. The summed E-state index contributed by atoms with van der Waals surface area (Å²) >= 11 is 0. The van der Waals surface area contributed by atoms with Crippen molar-refractivity contribution in [1.82, 2.24) is 4.90 Å². The summed E-state index contributed by atoms with van der Waals surface area (Å²) in [5, 5.41) is 10.9. The molecule has 2 aromatic rings. The van der Waals surface area contributed by atoms with Crippen LogP contribution in [-0.4, -0.2) is 55.2 Å². The molecule has 0 saturated carbocycles. The van der Waals surface area contributed by atoms with Crippen molar-refractivity contribution in [2.45, 2.75) is 32.8 Å². The van der Waals surface area contributed by atoms with Crippen LogP contribution in [0.5, 0.6) is 0 Å². The monoisotopic (exact) mass is 407 g/mol. The number of piperazine rings is 1. The Morgan fingerprint density at radius 2 is 1.73 bits per heavy atom. The summed E-state index contributed by atoms with van der Waals surface area (Å²) in [6.07, 6.45) is 1.44. The third-order valence-electron chi connectivity index (χ3n) is 6.29. The SMILES string of the molecule is CC(C)C(=O)N1CCCc2cc([C@@H](O)CN3CCN(c4ccccc4)CC3)ccc21. The van der Waals surface area contributed by atoms with Gasteiger partial charge in [0.1, 0.15) is 0 Å². The van der Waals surface area contributed by atoms with Gasteiger partial charge in [0, 0.05) is 56.6 Å². The van der Waals surface area contributed by atoms with E-state index in [9.17, 15) is 9.90 Å². The van der Waals surface area contributed by atoms with Gasteiger partial charge in [0.25, 0.3) is 0 Å². The van der Waals surface area contributed by atoms with Crippen LogP contribution in [0.3, 0.4) is 0 Å². The van der Waals surface area contributed by atoms with Crippen LogP contribution >= 0.6 is 0 Å². The number of benzene rings is 2. The van der Waals surface area contributed by atoms with Gasteiger partial charge in [0.15, 0.2) is 0 Å². The number of hydrogen-bond donors (Lipinski definition) is 1. The van der Waals surface area contributed by atoms with Crippen molar-refractivity contribution in [3.05, 3.63) is 59.7 Å². The maximum atomic E-state index is 12.5. The molecule has 0 aliphatic carbocycles. The summed E-state index contributed by atoms with van der Waals surface area (Å²) in [7, 11) is 0. The Labute approximate surface area is 179 Å². The number of aliphatic hydroxyl groups excluding tert-OH is 1. The molecule has 2 heterocycles. The number of carbonyl (C=O) groups is 1. The Balaban J connectivity index is 1.38. The fourth-order valence-corrected chi connectivity index (χ4v) is 4.54. The van der Waals surface area contributed by atoms with Gasteiger partial charge >= 0.3 is 0 Å². The van der Waals surface area contributed by atoms with Gasteiger partial charge in [-0.05, 0) is 42.2 Å². The predicted octanol–water partition coefficient (Wildman–Crippen LogP) is 3.48. The van der Waals surface area contributed by atoms with E-state index >= 15 is 0 Å². The number of nitrogens with zero attached hydrogens (tertiary/aromatic N) is 3. The average molecular weight is 408 g/mol. The third kappa shape index (κ3) is 4.52. The number of β-amino-alcohol motifs (C(OH)–C–C–N with tert-alkyl or cyclic N) is 1. The molecule has 4 rings (SSSR count). The molecule has 0 aromatic heterocycles. The quantitative estimate of drug-likeness (QED) is 0.824. The van der Waals surface area contributed by atoms with Gasteiger partial charge in [-0.3, -0.25) is 9.69 Å². The molecule has 0 spiro atoms. The van der Waals surface area contributed by atoms with E-state index < -0.39 is 6.10 Å². The van der Waals surface area contributed by atoms with Crippen molar-refractivity contribution in [2.24, 2.45) is 5.92 Å². The van der Waals surface area contributed by atoms with Gasteiger partial charge in [-0.1, -0.05) is 44.2 Å². The van der Waals surface area contributed by atoms with E-state index in [-0.39, 0.29) is 11.8 Å². The highest BCUT2D eigenvalue weighted by Gasteiger charge is 2.26. The summed E-state index contributed by atoms with van der Waals surface area (Å²) < 4.78 is 0. The molecule has 30 heavy (non-hydrogen) atoms. The van der Waals surface area contributed by atoms with Crippen molar-refractivity contribution in [3.8, 4) is 0 Å². The molecule has 1 N–H and O–H groups in total. The maximum absolute atomic E-state index is 12.5. The van der Waals surface area contributed by atoms with Crippen molar-refractivity contribution < 1.29 is 9.90 Å². The largest absolute Gasteiger partial charge is 0.387 e. The van der Waals surface area contributed by atoms with E-state index in [0.29, 0.717) is 6.54 Å². The number of aliphatic hydroxyl groups is 1. The maximum Gasteiger partial charge on any atom is 0.229 e. The first-order valence-corrected chi connectivity index (χ1v) is 11.2. The van der Waals surface area contributed by atoms with Crippen LogP contribution in [0.25, 0.3) is 0 Å². The molecule has 2 aliphatic rings. The number of hydrogen-bond acceptors (Lipinski definition) is 4. The van der Waals surface area contributed by atoms with Crippen LogP contribution in [0, 0.1) is 5.92 Å². The fourth-order valence-electron chi connectivity index (χ4n) is 4.54. The molecular formula is C25H33N3O2. The van der Waals surface area contributed by atoms with Crippen LogP contribution in [0.15, 0.2) is 48.5 Å². The summed E-state index contributed by atoms with van der Waals surface area (Å²) in [5.41, 5.74) is 4.43. The summed E-state index contributed by atoms with van der Waals surface area (Å²) in [6.45, 7) is 9.20. The highest BCUT2D eigenvalue weighted by atomic mass is 16.3. The standard InChI is InChI=1S/C25H33N3O2/c1-19(2)25(30)28-12-6-7-20-17-21(10-11-23(20)28)24(29)18-26-13-15-27(16-14-26)22-8-4-3-5-9-22/h3-5,8-11,17,19,24,29H,6-7,12-16,18H2,1-2H3/t24-/m0/s1. The second-order valence-electron chi connectivity index (χ2n) is 8.78. The van der Waals surface area contributed by atoms with Gasteiger partial charge in [0.05, 0.1) is 6.10 Å². The minimum atomic E-state index is -0.505. The molecule has 2 aliphatic heterocycles. The molecule has 1 saturated heterocycles. The van der Waals surface area contributed by atoms with Crippen LogP contribution < -0.4 is 9.80 Å². The molecule has 1 amide bonds. The lowest BCUT2D eigenvalue weighted by Gasteiger charge is -2.37. The summed E-state index contributed by atoms with van der Waals surface area (Å²) in [5.74, 6) is 0.177. The molecule has 1 atom stereocenters. The van der Waals surface area contributed by atoms with Crippen molar-refractivity contribution in [1.29, 1.82) is 0 Å². The zero-order valence-corrected chi connectivity index (χ0v) is 18.1. The molecule has 5 nitrogen and oxygen atoms in total. The van der Waals surface area contributed by atoms with E-state index in [2.05, 4.69) is 40.1 Å². The van der Waals surface area contributed by atoms with Gasteiger partial charge in [-0.2, -0.15) is 0 Å². The molecule has 1 fully saturated rings. The van der Waals surface area contributed by atoms with Crippen molar-refractivity contribution in [2.75, 3.05) is 49.1 Å². The Morgan fingerprint density at radius 3 is 2.43 bits per heavy atom. The van der Waals surface area contributed by atoms with Crippen LogP contribution in [0.2, 0.25) is 0 Å². The number of carbonyl (C=O) groups excluding carboxylic acids is 1. The van der Waals surface area contributed by atoms with Crippen LogP contribution in [-0.2, 0) is 11.2 Å². The van der Waals surface area contributed by atoms with E-state index in [0.717, 1.165) is 56.8 Å². The zero-order valence-electron chi connectivity index (χ0n) is 18.1. The number of aryl methyl sites for hydroxylation is 1. The molecule has 5 heteroatoms. The highest BCUT2D eigenvalue weighted by Crippen LogP contribution is 2.31. The smallest absolute Gasteiger partial charge is 0.229 e. The first-order chi connectivity index (χ1) is 14.5. The number of rotatable bonds is 5. The lowest BCUT2D eigenvalue weighted by molar-refractivity contribution is -0.121. The molecule has 0 radical (unpaired) electrons. The van der Waals surface area contributed by atoms with E-state index in [1.54, 1.807) is 0 Å². The summed E-state index contributed by atoms with van der Waals surface area (Å²) in [6, 6.07) is 16.7. The normalized spacial score (nSPS) is 18.4. The Bertz CT molecular complexity index is 860. The first kappa shape index (κ1) is 20.9. The fraction of sp³-hybridized carbons (Fsp3) is 0.480. The predicted molar refractivity (Wildman–Crippen MR) is 122 cm³/mol. The third-order valence-corrected chi connectivity index (χ3v) is 6.29. The molecule has 0 bridgehead atoms. The molecule has 2 aromatic carbocycles. The topological polar surface area (TPSA) is 47.0 Å². The molecule has 0 unspecified atom stereocenters. The van der Waals surface area contributed by atoms with E-state index in [4.69, 9.17) is 0 Å². The minimum Gasteiger partial charge on any atom is -0.387 e.